The summed E-state index contributed by atoms with van der Waals surface area (Å²) in [7, 11) is 0.0702. The van der Waals surface area contributed by atoms with Gasteiger partial charge in [0.15, 0.2) is 9.84 Å². The summed E-state index contributed by atoms with van der Waals surface area (Å²) in [5.74, 6) is -0.214. The standard InChI is InChI=1S/C13H24N2O5S/c1-4-15(11-6-8-21(18,19)10-11)12(16)9-14(2)7-5-13(17)20-3/h11H,4-10H2,1-3H3. The third kappa shape index (κ3) is 5.62. The van der Waals surface area contributed by atoms with Gasteiger partial charge in [-0.25, -0.2) is 8.42 Å². The van der Waals surface area contributed by atoms with Crippen LogP contribution < -0.4 is 0 Å². The van der Waals surface area contributed by atoms with Gasteiger partial charge in [-0.05, 0) is 20.4 Å². The fourth-order valence-corrected chi connectivity index (χ4v) is 4.18. The number of carbonyl (C=O) groups excluding carboxylic acids is 2. The number of ether oxygens (including phenoxy) is 1. The number of hydrogen-bond donors (Lipinski definition) is 0. The zero-order valence-corrected chi connectivity index (χ0v) is 13.7. The monoisotopic (exact) mass is 320 g/mol. The van der Waals surface area contributed by atoms with E-state index in [4.69, 9.17) is 0 Å². The van der Waals surface area contributed by atoms with Crippen molar-refractivity contribution in [3.8, 4) is 0 Å². The van der Waals surface area contributed by atoms with Crippen molar-refractivity contribution < 1.29 is 22.7 Å². The zero-order valence-electron chi connectivity index (χ0n) is 12.9. The topological polar surface area (TPSA) is 84.0 Å². The molecule has 1 heterocycles. The van der Waals surface area contributed by atoms with Crippen LogP contribution in [0.2, 0.25) is 0 Å². The first-order chi connectivity index (χ1) is 9.79. The Kier molecular flexibility index (Phi) is 6.60. The highest BCUT2D eigenvalue weighted by molar-refractivity contribution is 7.91. The maximum Gasteiger partial charge on any atom is 0.306 e. The summed E-state index contributed by atoms with van der Waals surface area (Å²) >= 11 is 0. The van der Waals surface area contributed by atoms with E-state index < -0.39 is 9.84 Å². The van der Waals surface area contributed by atoms with Crippen molar-refractivity contribution in [3.05, 3.63) is 0 Å². The molecular formula is C13H24N2O5S. The van der Waals surface area contributed by atoms with Crippen molar-refractivity contribution in [3.63, 3.8) is 0 Å². The molecule has 0 aromatic rings. The predicted octanol–water partition coefficient (Wildman–Crippen LogP) is -0.483. The second-order valence-electron chi connectivity index (χ2n) is 5.30. The lowest BCUT2D eigenvalue weighted by molar-refractivity contribution is -0.141. The van der Waals surface area contributed by atoms with Crippen molar-refractivity contribution in [2.45, 2.75) is 25.8 Å². The highest BCUT2D eigenvalue weighted by atomic mass is 32.2. The molecule has 122 valence electrons. The maximum atomic E-state index is 12.3. The van der Waals surface area contributed by atoms with E-state index in [0.717, 1.165) is 0 Å². The summed E-state index contributed by atoms with van der Waals surface area (Å²) in [5, 5.41) is 0. The molecule has 21 heavy (non-hydrogen) atoms. The molecular weight excluding hydrogens is 296 g/mol. The Morgan fingerprint density at radius 2 is 2.00 bits per heavy atom. The molecule has 1 rings (SSSR count). The van der Waals surface area contributed by atoms with Crippen LogP contribution in [0, 0.1) is 0 Å². The number of likely N-dealkylation sites (N-methyl/N-ethyl adjacent to an activating group) is 2. The number of sulfone groups is 1. The number of hydrogen-bond acceptors (Lipinski definition) is 6. The largest absolute Gasteiger partial charge is 0.469 e. The van der Waals surface area contributed by atoms with E-state index in [1.165, 1.54) is 7.11 Å². The van der Waals surface area contributed by atoms with E-state index in [1.54, 1.807) is 16.8 Å². The Labute approximate surface area is 126 Å². The van der Waals surface area contributed by atoms with Crippen LogP contribution in [-0.2, 0) is 24.2 Å². The number of amides is 1. The lowest BCUT2D eigenvalue weighted by atomic mass is 10.2. The minimum Gasteiger partial charge on any atom is -0.469 e. The SMILES string of the molecule is CCN(C(=O)CN(C)CCC(=O)OC)C1CCS(=O)(=O)C1. The fourth-order valence-electron chi connectivity index (χ4n) is 2.44. The molecule has 8 heteroatoms. The number of nitrogens with zero attached hydrogens (tertiary/aromatic N) is 2. The molecule has 0 spiro atoms. The molecule has 0 radical (unpaired) electrons. The number of carbonyl (C=O) groups is 2. The van der Waals surface area contributed by atoms with Crippen molar-refractivity contribution >= 4 is 21.7 Å². The third-order valence-corrected chi connectivity index (χ3v) is 5.39. The van der Waals surface area contributed by atoms with E-state index in [0.29, 0.717) is 19.5 Å². The van der Waals surface area contributed by atoms with Gasteiger partial charge >= 0.3 is 5.97 Å². The Balaban J connectivity index is 2.50. The summed E-state index contributed by atoms with van der Waals surface area (Å²) in [6.07, 6.45) is 0.734. The van der Waals surface area contributed by atoms with Gasteiger partial charge in [0, 0.05) is 19.1 Å². The van der Waals surface area contributed by atoms with Crippen molar-refractivity contribution in [2.75, 3.05) is 45.3 Å². The number of rotatable bonds is 7. The first-order valence-corrected chi connectivity index (χ1v) is 8.86. The van der Waals surface area contributed by atoms with E-state index in [2.05, 4.69) is 4.74 Å². The number of methoxy groups -OCH3 is 1. The van der Waals surface area contributed by atoms with E-state index in [-0.39, 0.29) is 42.4 Å². The molecule has 0 N–H and O–H groups in total. The highest BCUT2D eigenvalue weighted by Crippen LogP contribution is 2.17. The van der Waals surface area contributed by atoms with Gasteiger partial charge in [-0.15, -0.1) is 0 Å². The average Bonchev–Trinajstić information content (AvgIpc) is 2.76. The molecule has 1 atom stereocenters. The molecule has 1 amide bonds. The molecule has 1 saturated heterocycles. The van der Waals surface area contributed by atoms with Gasteiger partial charge in [0.1, 0.15) is 0 Å². The van der Waals surface area contributed by atoms with Crippen LogP contribution in [0.1, 0.15) is 19.8 Å². The Bertz CT molecular complexity index is 477. The summed E-state index contributed by atoms with van der Waals surface area (Å²) in [6.45, 7) is 2.93. The highest BCUT2D eigenvalue weighted by Gasteiger charge is 2.33. The summed E-state index contributed by atoms with van der Waals surface area (Å²) in [6, 6.07) is -0.221. The third-order valence-electron chi connectivity index (χ3n) is 3.64. The van der Waals surface area contributed by atoms with Gasteiger partial charge in [0.25, 0.3) is 0 Å². The van der Waals surface area contributed by atoms with Crippen LogP contribution in [0.4, 0.5) is 0 Å². The van der Waals surface area contributed by atoms with Crippen LogP contribution >= 0.6 is 0 Å². The van der Waals surface area contributed by atoms with Gasteiger partial charge in [0.05, 0.1) is 31.6 Å². The van der Waals surface area contributed by atoms with Gasteiger partial charge in [-0.1, -0.05) is 0 Å². The quantitative estimate of drug-likeness (QED) is 0.589. The van der Waals surface area contributed by atoms with Gasteiger partial charge in [0.2, 0.25) is 5.91 Å². The molecule has 1 aliphatic heterocycles. The van der Waals surface area contributed by atoms with Gasteiger partial charge < -0.3 is 9.64 Å². The summed E-state index contributed by atoms with van der Waals surface area (Å²) < 4.78 is 27.6. The van der Waals surface area contributed by atoms with Crippen LogP contribution in [0.5, 0.6) is 0 Å². The predicted molar refractivity (Wildman–Crippen MR) is 78.6 cm³/mol. The van der Waals surface area contributed by atoms with Crippen molar-refractivity contribution in [1.29, 1.82) is 0 Å². The molecule has 0 aliphatic carbocycles. The molecule has 0 aromatic carbocycles. The summed E-state index contributed by atoms with van der Waals surface area (Å²) in [4.78, 5) is 26.7. The lowest BCUT2D eigenvalue weighted by Crippen LogP contribution is -2.45. The minimum absolute atomic E-state index is 0.0540. The Hall–Kier alpha value is -1.15. The second kappa shape index (κ2) is 7.74. The molecule has 1 unspecified atom stereocenters. The van der Waals surface area contributed by atoms with Gasteiger partial charge in [-0.3, -0.25) is 14.5 Å². The maximum absolute atomic E-state index is 12.3. The lowest BCUT2D eigenvalue weighted by Gasteiger charge is -2.28. The average molecular weight is 320 g/mol. The zero-order chi connectivity index (χ0) is 16.0. The Morgan fingerprint density at radius 1 is 1.33 bits per heavy atom. The molecule has 0 aromatic heterocycles. The second-order valence-corrected chi connectivity index (χ2v) is 7.53. The summed E-state index contributed by atoms with van der Waals surface area (Å²) in [5.41, 5.74) is 0. The van der Waals surface area contributed by atoms with E-state index in [9.17, 15) is 18.0 Å². The number of esters is 1. The van der Waals surface area contributed by atoms with Crippen LogP contribution in [0.25, 0.3) is 0 Å². The fraction of sp³-hybridized carbons (Fsp3) is 0.846. The van der Waals surface area contributed by atoms with Crippen LogP contribution in [-0.4, -0.2) is 81.4 Å². The van der Waals surface area contributed by atoms with Gasteiger partial charge in [-0.2, -0.15) is 0 Å². The molecule has 7 nitrogen and oxygen atoms in total. The smallest absolute Gasteiger partial charge is 0.306 e. The van der Waals surface area contributed by atoms with E-state index in [1.807, 2.05) is 6.92 Å². The van der Waals surface area contributed by atoms with Crippen LogP contribution in [0.15, 0.2) is 0 Å². The molecule has 0 saturated carbocycles. The molecule has 1 aliphatic rings. The molecule has 0 bridgehead atoms. The van der Waals surface area contributed by atoms with Crippen LogP contribution in [0.3, 0.4) is 0 Å². The molecule has 1 fully saturated rings. The first-order valence-electron chi connectivity index (χ1n) is 7.04. The van der Waals surface area contributed by atoms with Crippen molar-refractivity contribution in [1.82, 2.24) is 9.80 Å². The minimum atomic E-state index is -3.01. The van der Waals surface area contributed by atoms with E-state index >= 15 is 0 Å². The first kappa shape index (κ1) is 17.9. The Morgan fingerprint density at radius 3 is 2.48 bits per heavy atom. The van der Waals surface area contributed by atoms with Crippen molar-refractivity contribution in [2.24, 2.45) is 0 Å². The normalized spacial score (nSPS) is 20.5.